The molecule has 0 aromatic heterocycles. The summed E-state index contributed by atoms with van der Waals surface area (Å²) in [5.74, 6) is -1.30. The second-order valence-electron chi connectivity index (χ2n) is 18.3. The van der Waals surface area contributed by atoms with Crippen molar-refractivity contribution >= 4 is 11.9 Å². The molecule has 0 aromatic carbocycles. The van der Waals surface area contributed by atoms with Crippen LogP contribution in [0.3, 0.4) is 0 Å². The van der Waals surface area contributed by atoms with Crippen LogP contribution in [0.5, 0.6) is 0 Å². The minimum Gasteiger partial charge on any atom is -0.454 e. The largest absolute Gasteiger partial charge is 0.454 e. The average Bonchev–Trinajstić information content (AvgIpc) is 3.33. The highest BCUT2D eigenvalue weighted by Crippen LogP contribution is 2.26. The standard InChI is InChI=1S/C57H97NO10/c1-4-7-10-13-16-19-22-25-28-31-34-37-40-43-49(60)48(58-56(65)50(61)44-41-38-35-32-29-26-23-20-17-14-11-8-5-2)47-66-57-55(54(64)53(63)51(46-59)67-57)68-52(62)45-42-39-36-33-30-27-24-21-18-15-12-9-6-3/h9,12,15,18,21,24,27,29-30,32-33,36,40,43,48-51,53-55,57,59-61,63-64H,4-8,10-11,13-14,16-17,19-20,22-23,25-26,28,31,34-35,37-39,41-42,44-47H2,1-3H3,(H,58,65)/b12-9+,18-15+,24-21-,30-27-,32-29-,36-33+,43-40+. The SMILES string of the molecule is CC/C=C/C=C/C=C\C=C/C=C/CCCC(=O)OC1C(OCC(NC(=O)C(O)CCCC/C=C\CCCCCCCCC)C(O)/C=C/CCCCCCCCCCCCC)OC(CO)C(O)C1O. The fraction of sp³-hybridized carbons (Fsp3) is 0.719. The lowest BCUT2D eigenvalue weighted by Crippen LogP contribution is -2.61. The first kappa shape index (κ1) is 62.9. The van der Waals surface area contributed by atoms with Gasteiger partial charge in [0, 0.05) is 6.42 Å². The van der Waals surface area contributed by atoms with Gasteiger partial charge in [-0.15, -0.1) is 0 Å². The molecule has 0 aromatic rings. The Hall–Kier alpha value is -3.16. The molecule has 0 saturated carbocycles. The van der Waals surface area contributed by atoms with Gasteiger partial charge in [0.15, 0.2) is 12.4 Å². The van der Waals surface area contributed by atoms with Crippen LogP contribution in [0.2, 0.25) is 0 Å². The monoisotopic (exact) mass is 956 g/mol. The van der Waals surface area contributed by atoms with Crippen LogP contribution in [0.1, 0.15) is 201 Å². The van der Waals surface area contributed by atoms with Gasteiger partial charge in [0.05, 0.1) is 25.4 Å². The number of esters is 1. The van der Waals surface area contributed by atoms with Crippen molar-refractivity contribution in [2.45, 2.75) is 250 Å². The lowest BCUT2D eigenvalue weighted by molar-refractivity contribution is -0.305. The molecule has 6 N–H and O–H groups in total. The second-order valence-corrected chi connectivity index (χ2v) is 18.3. The third-order valence-corrected chi connectivity index (χ3v) is 12.2. The van der Waals surface area contributed by atoms with Crippen LogP contribution in [0.4, 0.5) is 0 Å². The predicted molar refractivity (Wildman–Crippen MR) is 278 cm³/mol. The number of aliphatic hydroxyl groups excluding tert-OH is 5. The van der Waals surface area contributed by atoms with E-state index < -0.39 is 67.4 Å². The van der Waals surface area contributed by atoms with Crippen molar-refractivity contribution in [1.29, 1.82) is 0 Å². The number of carbonyl (C=O) groups excluding carboxylic acids is 2. The van der Waals surface area contributed by atoms with Crippen LogP contribution in [0, 0.1) is 0 Å². The van der Waals surface area contributed by atoms with E-state index in [4.69, 9.17) is 14.2 Å². The first-order valence-electron chi connectivity index (χ1n) is 26.9. The molecule has 0 aliphatic carbocycles. The number of aliphatic hydroxyl groups is 5. The zero-order chi connectivity index (χ0) is 49.7. The number of amides is 1. The molecule has 0 spiro atoms. The maximum Gasteiger partial charge on any atom is 0.306 e. The lowest BCUT2D eigenvalue weighted by Gasteiger charge is -2.41. The summed E-state index contributed by atoms with van der Waals surface area (Å²) in [7, 11) is 0. The average molecular weight is 956 g/mol. The number of hydrogen-bond donors (Lipinski definition) is 6. The molecule has 1 rings (SSSR count). The maximum absolute atomic E-state index is 13.3. The van der Waals surface area contributed by atoms with E-state index in [1.165, 1.54) is 96.3 Å². The molecule has 8 atom stereocenters. The molecule has 1 heterocycles. The van der Waals surface area contributed by atoms with Crippen molar-refractivity contribution < 1.29 is 49.3 Å². The zero-order valence-electron chi connectivity index (χ0n) is 42.7. The highest BCUT2D eigenvalue weighted by Gasteiger charge is 2.47. The Balaban J connectivity index is 2.84. The molecule has 0 bridgehead atoms. The Bertz CT molecular complexity index is 1420. The van der Waals surface area contributed by atoms with Crippen LogP contribution in [-0.4, -0.2) is 99.6 Å². The summed E-state index contributed by atoms with van der Waals surface area (Å²) >= 11 is 0. The smallest absolute Gasteiger partial charge is 0.306 e. The quantitative estimate of drug-likeness (QED) is 0.0149. The van der Waals surface area contributed by atoms with Gasteiger partial charge in [0.25, 0.3) is 0 Å². The van der Waals surface area contributed by atoms with Crippen molar-refractivity contribution in [3.8, 4) is 0 Å². The molecule has 1 saturated heterocycles. The molecule has 68 heavy (non-hydrogen) atoms. The Morgan fingerprint density at radius 1 is 0.588 bits per heavy atom. The van der Waals surface area contributed by atoms with E-state index in [-0.39, 0.29) is 19.4 Å². The molecular formula is C57H97NO10. The second kappa shape index (κ2) is 45.0. The van der Waals surface area contributed by atoms with Gasteiger partial charge in [-0.3, -0.25) is 9.59 Å². The lowest BCUT2D eigenvalue weighted by atomic mass is 9.99. The maximum atomic E-state index is 13.3. The third kappa shape index (κ3) is 33.4. The summed E-state index contributed by atoms with van der Waals surface area (Å²) in [4.78, 5) is 26.3. The molecule has 11 nitrogen and oxygen atoms in total. The summed E-state index contributed by atoms with van der Waals surface area (Å²) in [5.41, 5.74) is 0. The Morgan fingerprint density at radius 3 is 1.62 bits per heavy atom. The van der Waals surface area contributed by atoms with Crippen molar-refractivity contribution in [3.05, 3.63) is 85.1 Å². The summed E-state index contributed by atoms with van der Waals surface area (Å²) in [6, 6.07) is -1.05. The normalized spacial score (nSPS) is 20.6. The molecular weight excluding hydrogens is 859 g/mol. The summed E-state index contributed by atoms with van der Waals surface area (Å²) in [6.45, 7) is 5.55. The van der Waals surface area contributed by atoms with Gasteiger partial charge in [-0.25, -0.2) is 0 Å². The van der Waals surface area contributed by atoms with E-state index in [1.54, 1.807) is 6.08 Å². The van der Waals surface area contributed by atoms with E-state index in [0.717, 1.165) is 51.4 Å². The molecule has 1 fully saturated rings. The Morgan fingerprint density at radius 2 is 1.07 bits per heavy atom. The van der Waals surface area contributed by atoms with E-state index in [9.17, 15) is 35.1 Å². The Labute approximate surface area is 413 Å². The van der Waals surface area contributed by atoms with E-state index in [0.29, 0.717) is 19.3 Å². The molecule has 390 valence electrons. The van der Waals surface area contributed by atoms with Crippen molar-refractivity contribution in [2.24, 2.45) is 0 Å². The third-order valence-electron chi connectivity index (χ3n) is 12.2. The number of ether oxygens (including phenoxy) is 3. The van der Waals surface area contributed by atoms with Crippen LogP contribution < -0.4 is 5.32 Å². The summed E-state index contributed by atoms with van der Waals surface area (Å²) in [5, 5.41) is 56.6. The van der Waals surface area contributed by atoms with Gasteiger partial charge in [0.2, 0.25) is 5.91 Å². The van der Waals surface area contributed by atoms with E-state index >= 15 is 0 Å². The minimum atomic E-state index is -1.65. The van der Waals surface area contributed by atoms with Crippen molar-refractivity contribution in [1.82, 2.24) is 5.32 Å². The van der Waals surface area contributed by atoms with Crippen LogP contribution in [0.15, 0.2) is 85.1 Å². The van der Waals surface area contributed by atoms with Gasteiger partial charge in [0.1, 0.15) is 24.4 Å². The summed E-state index contributed by atoms with van der Waals surface area (Å²) in [6.07, 6.45) is 46.4. The van der Waals surface area contributed by atoms with Gasteiger partial charge in [-0.1, -0.05) is 215 Å². The van der Waals surface area contributed by atoms with E-state index in [2.05, 4.69) is 44.3 Å². The van der Waals surface area contributed by atoms with Gasteiger partial charge in [-0.2, -0.15) is 0 Å². The van der Waals surface area contributed by atoms with E-state index in [1.807, 2.05) is 60.8 Å². The highest BCUT2D eigenvalue weighted by atomic mass is 16.7. The topological polar surface area (TPSA) is 175 Å². The summed E-state index contributed by atoms with van der Waals surface area (Å²) < 4.78 is 17.4. The van der Waals surface area contributed by atoms with Crippen molar-refractivity contribution in [2.75, 3.05) is 13.2 Å². The molecule has 8 unspecified atom stereocenters. The van der Waals surface area contributed by atoms with Gasteiger partial charge < -0.3 is 45.1 Å². The fourth-order valence-electron chi connectivity index (χ4n) is 7.85. The van der Waals surface area contributed by atoms with Crippen molar-refractivity contribution in [3.63, 3.8) is 0 Å². The number of hydrogen-bond acceptors (Lipinski definition) is 10. The van der Waals surface area contributed by atoms with Crippen LogP contribution in [-0.2, 0) is 23.8 Å². The highest BCUT2D eigenvalue weighted by molar-refractivity contribution is 5.80. The van der Waals surface area contributed by atoms with Gasteiger partial charge in [-0.05, 0) is 64.2 Å². The number of allylic oxidation sites excluding steroid dienone is 13. The zero-order valence-corrected chi connectivity index (χ0v) is 42.7. The van der Waals surface area contributed by atoms with Crippen LogP contribution >= 0.6 is 0 Å². The predicted octanol–water partition coefficient (Wildman–Crippen LogP) is 11.4. The van der Waals surface area contributed by atoms with Gasteiger partial charge >= 0.3 is 5.97 Å². The number of rotatable bonds is 43. The first-order valence-corrected chi connectivity index (χ1v) is 26.9. The molecule has 1 aliphatic rings. The molecule has 11 heteroatoms. The molecule has 0 radical (unpaired) electrons. The molecule has 1 amide bonds. The Kier molecular flexibility index (Phi) is 41.6. The van der Waals surface area contributed by atoms with Crippen LogP contribution in [0.25, 0.3) is 0 Å². The number of carbonyl (C=O) groups is 2. The molecule has 1 aliphatic heterocycles. The number of unbranched alkanes of at least 4 members (excludes halogenated alkanes) is 21. The number of nitrogens with one attached hydrogen (secondary N) is 1. The first-order chi connectivity index (χ1) is 33.2. The minimum absolute atomic E-state index is 0.0221. The fourth-order valence-corrected chi connectivity index (χ4v) is 7.85.